The number of rotatable bonds is 8. The number of carboxylic acids is 1. The van der Waals surface area contributed by atoms with Gasteiger partial charge >= 0.3 is 5.97 Å². The van der Waals surface area contributed by atoms with E-state index in [0.717, 1.165) is 18.6 Å². The smallest absolute Gasteiger partial charge is 0.326 e. The lowest BCUT2D eigenvalue weighted by Gasteiger charge is -2.21. The number of unbranched alkanes of at least 4 members (excludes halogenated alkanes) is 1. The molecule has 0 spiro atoms. The lowest BCUT2D eigenvalue weighted by atomic mass is 9.93. The predicted octanol–water partition coefficient (Wildman–Crippen LogP) is 1.18. The topological polar surface area (TPSA) is 92.8 Å². The van der Waals surface area contributed by atoms with Gasteiger partial charge in [-0.05, 0) is 37.0 Å². The molecule has 0 bridgehead atoms. The lowest BCUT2D eigenvalue weighted by Crippen LogP contribution is -2.51. The molecule has 1 aromatic rings. The van der Waals surface area contributed by atoms with Gasteiger partial charge in [0.05, 0.1) is 13.7 Å². The Morgan fingerprint density at radius 3 is 2.42 bits per heavy atom. The van der Waals surface area contributed by atoms with Crippen molar-refractivity contribution >= 4 is 5.97 Å². The molecule has 0 aliphatic carbocycles. The average molecular weight is 267 g/mol. The number of hydrogen-bond acceptors (Lipinski definition) is 4. The molecule has 1 unspecified atom stereocenters. The minimum Gasteiger partial charge on any atom is -0.497 e. The van der Waals surface area contributed by atoms with Crippen LogP contribution < -0.4 is 10.5 Å². The van der Waals surface area contributed by atoms with Crippen LogP contribution in [0.25, 0.3) is 0 Å². The largest absolute Gasteiger partial charge is 0.497 e. The van der Waals surface area contributed by atoms with E-state index < -0.39 is 18.1 Å². The molecule has 1 rings (SSSR count). The molecule has 0 aliphatic rings. The van der Waals surface area contributed by atoms with Gasteiger partial charge in [0, 0.05) is 0 Å². The number of ether oxygens (including phenoxy) is 1. The standard InChI is InChI=1S/C14H21NO4/c1-19-12-7-5-11(6-8-12)4-2-3-9-14(15,10-16)13(17)18/h5-8,16H,2-4,9-10,15H2,1H3,(H,17,18). The van der Waals surface area contributed by atoms with Crippen LogP contribution in [0.4, 0.5) is 0 Å². The number of carboxylic acid groups (broad SMARTS) is 1. The zero-order chi connectivity index (χ0) is 14.3. The first kappa shape index (κ1) is 15.5. The van der Waals surface area contributed by atoms with Crippen molar-refractivity contribution in [1.82, 2.24) is 0 Å². The summed E-state index contributed by atoms with van der Waals surface area (Å²) in [5.74, 6) is -0.338. The van der Waals surface area contributed by atoms with Crippen LogP contribution in [0.1, 0.15) is 24.8 Å². The van der Waals surface area contributed by atoms with Gasteiger partial charge in [0.2, 0.25) is 0 Å². The van der Waals surface area contributed by atoms with E-state index in [1.54, 1.807) is 7.11 Å². The van der Waals surface area contributed by atoms with Crippen LogP contribution in [0.3, 0.4) is 0 Å². The highest BCUT2D eigenvalue weighted by Gasteiger charge is 2.32. The summed E-state index contributed by atoms with van der Waals surface area (Å²) in [7, 11) is 1.62. The first-order chi connectivity index (χ1) is 9.01. The van der Waals surface area contributed by atoms with Gasteiger partial charge in [0.25, 0.3) is 0 Å². The van der Waals surface area contributed by atoms with E-state index >= 15 is 0 Å². The van der Waals surface area contributed by atoms with E-state index in [2.05, 4.69) is 0 Å². The van der Waals surface area contributed by atoms with E-state index in [1.807, 2.05) is 24.3 Å². The molecule has 0 saturated heterocycles. The number of aryl methyl sites for hydroxylation is 1. The third kappa shape index (κ3) is 4.54. The molecular formula is C14H21NO4. The molecule has 0 saturated carbocycles. The Morgan fingerprint density at radius 1 is 1.32 bits per heavy atom. The molecule has 0 fully saturated rings. The normalized spacial score (nSPS) is 13.8. The lowest BCUT2D eigenvalue weighted by molar-refractivity contribution is -0.145. The van der Waals surface area contributed by atoms with Crippen molar-refractivity contribution in [3.63, 3.8) is 0 Å². The number of aliphatic hydroxyl groups excluding tert-OH is 1. The van der Waals surface area contributed by atoms with Gasteiger partial charge in [-0.2, -0.15) is 0 Å². The summed E-state index contributed by atoms with van der Waals surface area (Å²) < 4.78 is 5.07. The molecule has 0 heterocycles. The van der Waals surface area contributed by atoms with Crippen molar-refractivity contribution < 1.29 is 19.7 Å². The second-order valence-corrected chi connectivity index (χ2v) is 4.67. The van der Waals surface area contributed by atoms with Gasteiger partial charge in [-0.15, -0.1) is 0 Å². The second-order valence-electron chi connectivity index (χ2n) is 4.67. The fourth-order valence-corrected chi connectivity index (χ4v) is 1.82. The molecular weight excluding hydrogens is 246 g/mol. The molecule has 0 aliphatic heterocycles. The Hall–Kier alpha value is -1.59. The van der Waals surface area contributed by atoms with Gasteiger partial charge in [-0.25, -0.2) is 0 Å². The van der Waals surface area contributed by atoms with E-state index in [0.29, 0.717) is 6.42 Å². The average Bonchev–Trinajstić information content (AvgIpc) is 2.43. The quantitative estimate of drug-likeness (QED) is 0.615. The molecule has 4 N–H and O–H groups in total. The van der Waals surface area contributed by atoms with Crippen molar-refractivity contribution in [1.29, 1.82) is 0 Å². The number of methoxy groups -OCH3 is 1. The maximum atomic E-state index is 10.9. The molecule has 5 nitrogen and oxygen atoms in total. The van der Waals surface area contributed by atoms with Crippen LogP contribution in [0.15, 0.2) is 24.3 Å². The first-order valence-corrected chi connectivity index (χ1v) is 6.28. The fraction of sp³-hybridized carbons (Fsp3) is 0.500. The Kier molecular flexibility index (Phi) is 5.79. The zero-order valence-corrected chi connectivity index (χ0v) is 11.1. The molecule has 0 aromatic heterocycles. The van der Waals surface area contributed by atoms with Gasteiger partial charge < -0.3 is 20.7 Å². The summed E-state index contributed by atoms with van der Waals surface area (Å²) in [6.07, 6.45) is 2.62. The number of carbonyl (C=O) groups is 1. The molecule has 5 heteroatoms. The summed E-state index contributed by atoms with van der Waals surface area (Å²) in [6.45, 7) is -0.537. The Morgan fingerprint density at radius 2 is 1.95 bits per heavy atom. The van der Waals surface area contributed by atoms with Crippen molar-refractivity contribution in [2.24, 2.45) is 5.73 Å². The van der Waals surface area contributed by atoms with Crippen LogP contribution in [-0.2, 0) is 11.2 Å². The predicted molar refractivity (Wildman–Crippen MR) is 72.2 cm³/mol. The third-order valence-corrected chi connectivity index (χ3v) is 3.21. The van der Waals surface area contributed by atoms with Crippen molar-refractivity contribution in [3.8, 4) is 5.75 Å². The number of hydrogen-bond donors (Lipinski definition) is 3. The van der Waals surface area contributed by atoms with Crippen LogP contribution in [-0.4, -0.2) is 35.4 Å². The van der Waals surface area contributed by atoms with Crippen LogP contribution in [0.5, 0.6) is 5.75 Å². The zero-order valence-electron chi connectivity index (χ0n) is 11.1. The SMILES string of the molecule is COc1ccc(CCCCC(N)(CO)C(=O)O)cc1. The van der Waals surface area contributed by atoms with Gasteiger partial charge in [-0.1, -0.05) is 18.6 Å². The summed E-state index contributed by atoms with van der Waals surface area (Å²) >= 11 is 0. The summed E-state index contributed by atoms with van der Waals surface area (Å²) in [6, 6.07) is 7.76. The van der Waals surface area contributed by atoms with E-state index in [-0.39, 0.29) is 6.42 Å². The van der Waals surface area contributed by atoms with Crippen molar-refractivity contribution in [3.05, 3.63) is 29.8 Å². The number of nitrogens with two attached hydrogens (primary N) is 1. The summed E-state index contributed by atoms with van der Waals surface area (Å²) in [4.78, 5) is 10.9. The van der Waals surface area contributed by atoms with Crippen LogP contribution in [0, 0.1) is 0 Å². The molecule has 0 amide bonds. The first-order valence-electron chi connectivity index (χ1n) is 6.28. The molecule has 1 aromatic carbocycles. The highest BCUT2D eigenvalue weighted by molar-refractivity contribution is 5.78. The molecule has 1 atom stereocenters. The maximum absolute atomic E-state index is 10.9. The second kappa shape index (κ2) is 7.11. The third-order valence-electron chi connectivity index (χ3n) is 3.21. The fourth-order valence-electron chi connectivity index (χ4n) is 1.82. The Labute approximate surface area is 113 Å². The maximum Gasteiger partial charge on any atom is 0.326 e. The van der Waals surface area contributed by atoms with E-state index in [1.165, 1.54) is 5.56 Å². The Balaban J connectivity index is 2.35. The van der Waals surface area contributed by atoms with Crippen LogP contribution >= 0.6 is 0 Å². The monoisotopic (exact) mass is 267 g/mol. The highest BCUT2D eigenvalue weighted by Crippen LogP contribution is 2.16. The van der Waals surface area contributed by atoms with Crippen molar-refractivity contribution in [2.45, 2.75) is 31.2 Å². The molecule has 0 radical (unpaired) electrons. The van der Waals surface area contributed by atoms with Gasteiger partial charge in [-0.3, -0.25) is 4.79 Å². The number of aliphatic carboxylic acids is 1. The summed E-state index contributed by atoms with van der Waals surface area (Å²) in [5, 5.41) is 17.9. The summed E-state index contributed by atoms with van der Waals surface area (Å²) in [5.41, 5.74) is 5.25. The highest BCUT2D eigenvalue weighted by atomic mass is 16.5. The van der Waals surface area contributed by atoms with Crippen molar-refractivity contribution in [2.75, 3.05) is 13.7 Å². The van der Waals surface area contributed by atoms with Gasteiger partial charge in [0.15, 0.2) is 0 Å². The molecule has 19 heavy (non-hydrogen) atoms. The van der Waals surface area contributed by atoms with Gasteiger partial charge in [0.1, 0.15) is 11.3 Å². The van der Waals surface area contributed by atoms with E-state index in [9.17, 15) is 4.79 Å². The number of benzene rings is 1. The minimum absolute atomic E-state index is 0.273. The van der Waals surface area contributed by atoms with E-state index in [4.69, 9.17) is 20.7 Å². The Bertz CT molecular complexity index is 404. The van der Waals surface area contributed by atoms with Crippen LogP contribution in [0.2, 0.25) is 0 Å². The number of aliphatic hydroxyl groups is 1. The minimum atomic E-state index is -1.51. The molecule has 106 valence electrons.